The van der Waals surface area contributed by atoms with Gasteiger partial charge in [-0.25, -0.2) is 0 Å². The summed E-state index contributed by atoms with van der Waals surface area (Å²) in [5, 5.41) is 17.1. The fourth-order valence-electron chi connectivity index (χ4n) is 1.66. The van der Waals surface area contributed by atoms with E-state index in [0.29, 0.717) is 12.0 Å². The van der Waals surface area contributed by atoms with Gasteiger partial charge in [0.05, 0.1) is 6.10 Å². The first-order valence-electron chi connectivity index (χ1n) is 4.92. The zero-order valence-electron chi connectivity index (χ0n) is 8.55. The number of rotatable bonds is 3. The van der Waals surface area contributed by atoms with E-state index in [4.69, 9.17) is 10.0 Å². The van der Waals surface area contributed by atoms with Crippen LogP contribution in [0.1, 0.15) is 23.6 Å². The Balaban J connectivity index is 2.09. The molecule has 1 aliphatic rings. The summed E-state index contributed by atoms with van der Waals surface area (Å²) in [6.07, 6.45) is -3.36. The minimum absolute atomic E-state index is 0.235. The summed E-state index contributed by atoms with van der Waals surface area (Å²) in [7, 11) is -1.89. The normalized spacial score (nSPS) is 23.6. The maximum Gasteiger partial charge on any atom is 0.634 e. The lowest BCUT2D eigenvalue weighted by molar-refractivity contribution is -0.141. The summed E-state index contributed by atoms with van der Waals surface area (Å²) in [4.78, 5) is 3.24. The smallest absolute Gasteiger partial charge is 0.402 e. The SMILES string of the molecule is OB(O)O[C@H]1C[C@H]1c1ccnc(C(F)(F)F)c1. The van der Waals surface area contributed by atoms with E-state index in [9.17, 15) is 13.2 Å². The molecule has 0 spiro atoms. The lowest BCUT2D eigenvalue weighted by Crippen LogP contribution is -2.18. The van der Waals surface area contributed by atoms with Crippen molar-refractivity contribution >= 4 is 7.32 Å². The largest absolute Gasteiger partial charge is 0.634 e. The van der Waals surface area contributed by atoms with Gasteiger partial charge in [0.2, 0.25) is 0 Å². The Morgan fingerprint density at radius 2 is 2.12 bits per heavy atom. The van der Waals surface area contributed by atoms with E-state index in [0.717, 1.165) is 12.3 Å². The summed E-state index contributed by atoms with van der Waals surface area (Å²) in [5.74, 6) is -0.235. The maximum atomic E-state index is 12.4. The maximum absolute atomic E-state index is 12.4. The Bertz CT molecular complexity index is 413. The molecule has 1 aromatic rings. The van der Waals surface area contributed by atoms with Crippen molar-refractivity contribution < 1.29 is 27.9 Å². The molecule has 2 rings (SSSR count). The molecule has 0 unspecified atom stereocenters. The second kappa shape index (κ2) is 4.28. The molecule has 0 amide bonds. The van der Waals surface area contributed by atoms with Crippen LogP contribution in [0.3, 0.4) is 0 Å². The summed E-state index contributed by atoms with van der Waals surface area (Å²) in [5.41, 5.74) is -0.511. The quantitative estimate of drug-likeness (QED) is 0.780. The average molecular weight is 247 g/mol. The van der Waals surface area contributed by atoms with Gasteiger partial charge in [-0.3, -0.25) is 4.98 Å². The van der Waals surface area contributed by atoms with Gasteiger partial charge in [-0.2, -0.15) is 13.2 Å². The molecule has 0 aliphatic heterocycles. The Morgan fingerprint density at radius 3 is 2.71 bits per heavy atom. The van der Waals surface area contributed by atoms with E-state index in [-0.39, 0.29) is 5.92 Å². The molecule has 1 heterocycles. The van der Waals surface area contributed by atoms with Gasteiger partial charge in [0.15, 0.2) is 0 Å². The third-order valence-corrected chi connectivity index (χ3v) is 2.53. The molecule has 1 aliphatic carbocycles. The monoisotopic (exact) mass is 247 g/mol. The third-order valence-electron chi connectivity index (χ3n) is 2.53. The minimum Gasteiger partial charge on any atom is -0.402 e. The highest BCUT2D eigenvalue weighted by atomic mass is 19.4. The number of halogens is 3. The molecule has 1 aromatic heterocycles. The van der Waals surface area contributed by atoms with Crippen LogP contribution in [-0.4, -0.2) is 28.5 Å². The molecule has 4 nitrogen and oxygen atoms in total. The topological polar surface area (TPSA) is 62.6 Å². The molecule has 92 valence electrons. The van der Waals surface area contributed by atoms with Gasteiger partial charge >= 0.3 is 13.5 Å². The van der Waals surface area contributed by atoms with E-state index in [1.54, 1.807) is 0 Å². The highest BCUT2D eigenvalue weighted by Gasteiger charge is 2.43. The van der Waals surface area contributed by atoms with Gasteiger partial charge in [0.25, 0.3) is 0 Å². The summed E-state index contributed by atoms with van der Waals surface area (Å²) >= 11 is 0. The van der Waals surface area contributed by atoms with Crippen molar-refractivity contribution in [2.45, 2.75) is 24.6 Å². The molecular formula is C9H9BF3NO3. The second-order valence-electron chi connectivity index (χ2n) is 3.82. The lowest BCUT2D eigenvalue weighted by atomic mass is 10.1. The highest BCUT2D eigenvalue weighted by molar-refractivity contribution is 6.32. The summed E-state index contributed by atoms with van der Waals surface area (Å²) in [6, 6.07) is 2.42. The fourth-order valence-corrected chi connectivity index (χ4v) is 1.66. The average Bonchev–Trinajstić information content (AvgIpc) is 2.95. The van der Waals surface area contributed by atoms with Crippen LogP contribution in [0.5, 0.6) is 0 Å². The van der Waals surface area contributed by atoms with E-state index < -0.39 is 25.3 Å². The van der Waals surface area contributed by atoms with Crippen molar-refractivity contribution in [2.75, 3.05) is 0 Å². The number of alkyl halides is 3. The van der Waals surface area contributed by atoms with E-state index >= 15 is 0 Å². The fraction of sp³-hybridized carbons (Fsp3) is 0.444. The van der Waals surface area contributed by atoms with E-state index in [1.165, 1.54) is 6.07 Å². The van der Waals surface area contributed by atoms with Crippen molar-refractivity contribution in [1.29, 1.82) is 0 Å². The standard InChI is InChI=1S/C9H9BF3NO3/c11-9(12,13)8-3-5(1-2-14-8)6-4-7(6)17-10(15)16/h1-3,6-7,15-16H,4H2/t6-,7-/m0/s1. The van der Waals surface area contributed by atoms with Crippen LogP contribution in [0.2, 0.25) is 0 Å². The predicted molar refractivity (Wildman–Crippen MR) is 51.7 cm³/mol. The van der Waals surface area contributed by atoms with Crippen molar-refractivity contribution in [3.8, 4) is 0 Å². The number of aromatic nitrogens is 1. The van der Waals surface area contributed by atoms with E-state index in [1.807, 2.05) is 0 Å². The number of nitrogens with zero attached hydrogens (tertiary/aromatic N) is 1. The Hall–Kier alpha value is -1.12. The number of hydrogen-bond acceptors (Lipinski definition) is 4. The van der Waals surface area contributed by atoms with Crippen LogP contribution in [0.15, 0.2) is 18.3 Å². The molecule has 0 radical (unpaired) electrons. The van der Waals surface area contributed by atoms with Crippen molar-refractivity contribution in [2.24, 2.45) is 0 Å². The van der Waals surface area contributed by atoms with Crippen LogP contribution in [-0.2, 0) is 10.8 Å². The molecule has 17 heavy (non-hydrogen) atoms. The Kier molecular flexibility index (Phi) is 3.11. The molecule has 0 bridgehead atoms. The van der Waals surface area contributed by atoms with Gasteiger partial charge in [0.1, 0.15) is 5.69 Å². The predicted octanol–water partition coefficient (Wildman–Crippen LogP) is 0.942. The summed E-state index contributed by atoms with van der Waals surface area (Å²) in [6.45, 7) is 0. The van der Waals surface area contributed by atoms with Crippen LogP contribution in [0, 0.1) is 0 Å². The summed E-state index contributed by atoms with van der Waals surface area (Å²) < 4.78 is 41.8. The van der Waals surface area contributed by atoms with Gasteiger partial charge in [-0.15, -0.1) is 0 Å². The van der Waals surface area contributed by atoms with Gasteiger partial charge in [0, 0.05) is 12.1 Å². The van der Waals surface area contributed by atoms with Crippen LogP contribution in [0.4, 0.5) is 13.2 Å². The molecule has 1 fully saturated rings. The van der Waals surface area contributed by atoms with Gasteiger partial charge < -0.3 is 14.7 Å². The Labute approximate surface area is 95.2 Å². The molecule has 2 atom stereocenters. The molecule has 8 heteroatoms. The zero-order chi connectivity index (χ0) is 12.6. The second-order valence-corrected chi connectivity index (χ2v) is 3.82. The van der Waals surface area contributed by atoms with Crippen molar-refractivity contribution in [1.82, 2.24) is 4.98 Å². The first kappa shape index (κ1) is 12.3. The van der Waals surface area contributed by atoms with Gasteiger partial charge in [-0.05, 0) is 24.1 Å². The molecule has 0 saturated heterocycles. The van der Waals surface area contributed by atoms with Crippen LogP contribution < -0.4 is 0 Å². The zero-order valence-corrected chi connectivity index (χ0v) is 8.55. The first-order chi connectivity index (χ1) is 7.88. The van der Waals surface area contributed by atoms with Crippen LogP contribution in [0.25, 0.3) is 0 Å². The van der Waals surface area contributed by atoms with Crippen molar-refractivity contribution in [3.05, 3.63) is 29.6 Å². The van der Waals surface area contributed by atoms with Crippen LogP contribution >= 0.6 is 0 Å². The van der Waals surface area contributed by atoms with E-state index in [2.05, 4.69) is 9.64 Å². The molecular weight excluding hydrogens is 238 g/mol. The number of pyridine rings is 1. The van der Waals surface area contributed by atoms with Crippen molar-refractivity contribution in [3.63, 3.8) is 0 Å². The third kappa shape index (κ3) is 2.96. The number of hydrogen-bond donors (Lipinski definition) is 2. The lowest BCUT2D eigenvalue weighted by Gasteiger charge is -2.07. The molecule has 1 saturated carbocycles. The Morgan fingerprint density at radius 1 is 1.41 bits per heavy atom. The highest BCUT2D eigenvalue weighted by Crippen LogP contribution is 2.44. The first-order valence-corrected chi connectivity index (χ1v) is 4.92. The van der Waals surface area contributed by atoms with Gasteiger partial charge in [-0.1, -0.05) is 0 Å². The molecule has 2 N–H and O–H groups in total. The minimum atomic E-state index is -4.47. The molecule has 0 aromatic carbocycles.